The second kappa shape index (κ2) is 3.46. The van der Waals surface area contributed by atoms with E-state index in [1.165, 1.54) is 20.9 Å². The first-order chi connectivity index (χ1) is 6.66. The molecule has 0 unspecified atom stereocenters. The molecule has 0 atom stereocenters. The maximum atomic E-state index is 5.65. The van der Waals surface area contributed by atoms with E-state index in [-0.39, 0.29) is 0 Å². The van der Waals surface area contributed by atoms with Crippen LogP contribution < -0.4 is 5.73 Å². The van der Waals surface area contributed by atoms with Gasteiger partial charge in [-0.1, -0.05) is 12.1 Å². The molecule has 1 nitrogen and oxygen atoms in total. The third-order valence-electron chi connectivity index (χ3n) is 2.26. The smallest absolute Gasteiger partial charge is 0.0314 e. The highest BCUT2D eigenvalue weighted by Gasteiger charge is 2.04. The zero-order chi connectivity index (χ0) is 10.1. The Labute approximate surface area is 88.2 Å². The molecular weight excluding hydrogens is 190 g/mol. The molecule has 0 amide bonds. The Balaban J connectivity index is 2.49. The summed E-state index contributed by atoms with van der Waals surface area (Å²) < 4.78 is 0. The van der Waals surface area contributed by atoms with Crippen LogP contribution in [0.1, 0.15) is 9.75 Å². The fourth-order valence-electron chi connectivity index (χ4n) is 1.58. The van der Waals surface area contributed by atoms with Gasteiger partial charge >= 0.3 is 0 Å². The molecule has 0 aliphatic rings. The molecule has 2 aromatic rings. The molecule has 2 heteroatoms. The number of hydrogen-bond acceptors (Lipinski definition) is 2. The van der Waals surface area contributed by atoms with Crippen molar-refractivity contribution in [2.24, 2.45) is 0 Å². The van der Waals surface area contributed by atoms with Gasteiger partial charge in [0, 0.05) is 15.4 Å². The molecule has 2 N–H and O–H groups in total. The summed E-state index contributed by atoms with van der Waals surface area (Å²) >= 11 is 1.84. The topological polar surface area (TPSA) is 26.0 Å². The van der Waals surface area contributed by atoms with Crippen LogP contribution in [0.3, 0.4) is 0 Å². The van der Waals surface area contributed by atoms with Gasteiger partial charge in [-0.3, -0.25) is 0 Å². The number of nitrogens with two attached hydrogens (primary N) is 1. The van der Waals surface area contributed by atoms with Gasteiger partial charge in [0.2, 0.25) is 0 Å². The Morgan fingerprint density at radius 3 is 2.21 bits per heavy atom. The van der Waals surface area contributed by atoms with Crippen LogP contribution in [0, 0.1) is 13.8 Å². The highest BCUT2D eigenvalue weighted by molar-refractivity contribution is 7.12. The molecule has 1 heterocycles. The second-order valence-corrected chi connectivity index (χ2v) is 4.91. The van der Waals surface area contributed by atoms with Gasteiger partial charge in [-0.05, 0) is 43.2 Å². The Kier molecular flexibility index (Phi) is 2.30. The van der Waals surface area contributed by atoms with Crippen molar-refractivity contribution in [1.29, 1.82) is 0 Å². The zero-order valence-electron chi connectivity index (χ0n) is 8.37. The van der Waals surface area contributed by atoms with Crippen LogP contribution in [-0.4, -0.2) is 0 Å². The van der Waals surface area contributed by atoms with Crippen molar-refractivity contribution in [1.82, 2.24) is 0 Å². The Bertz CT molecular complexity index is 440. The van der Waals surface area contributed by atoms with Crippen LogP contribution in [0.5, 0.6) is 0 Å². The van der Waals surface area contributed by atoms with Crippen molar-refractivity contribution in [3.63, 3.8) is 0 Å². The molecule has 2 rings (SSSR count). The van der Waals surface area contributed by atoms with Crippen molar-refractivity contribution in [2.45, 2.75) is 13.8 Å². The van der Waals surface area contributed by atoms with Gasteiger partial charge in [-0.15, -0.1) is 11.3 Å². The zero-order valence-corrected chi connectivity index (χ0v) is 9.19. The van der Waals surface area contributed by atoms with E-state index < -0.39 is 0 Å². The summed E-state index contributed by atoms with van der Waals surface area (Å²) in [5.74, 6) is 0. The van der Waals surface area contributed by atoms with E-state index in [0.29, 0.717) is 0 Å². The lowest BCUT2D eigenvalue weighted by Gasteiger charge is -2.00. The lowest BCUT2D eigenvalue weighted by Crippen LogP contribution is -1.83. The Morgan fingerprint density at radius 1 is 1.07 bits per heavy atom. The van der Waals surface area contributed by atoms with E-state index in [0.717, 1.165) is 5.69 Å². The van der Waals surface area contributed by atoms with E-state index >= 15 is 0 Å². The minimum Gasteiger partial charge on any atom is -0.399 e. The maximum Gasteiger partial charge on any atom is 0.0314 e. The first kappa shape index (κ1) is 9.28. The Morgan fingerprint density at radius 2 is 1.71 bits per heavy atom. The number of hydrogen-bond donors (Lipinski definition) is 1. The van der Waals surface area contributed by atoms with Gasteiger partial charge in [-0.25, -0.2) is 0 Å². The molecular formula is C12H13NS. The SMILES string of the molecule is Cc1cc(-c2ccc(N)cc2)c(C)s1. The maximum absolute atomic E-state index is 5.65. The molecule has 0 fully saturated rings. The molecule has 1 aromatic carbocycles. The predicted octanol–water partition coefficient (Wildman–Crippen LogP) is 3.61. The fraction of sp³-hybridized carbons (Fsp3) is 0.167. The third-order valence-corrected chi connectivity index (χ3v) is 3.23. The molecule has 0 saturated heterocycles. The van der Waals surface area contributed by atoms with E-state index in [4.69, 9.17) is 5.73 Å². The molecule has 0 radical (unpaired) electrons. The fourth-order valence-corrected chi connectivity index (χ4v) is 2.53. The van der Waals surface area contributed by atoms with Crippen LogP contribution in [-0.2, 0) is 0 Å². The molecule has 14 heavy (non-hydrogen) atoms. The molecule has 0 aliphatic carbocycles. The summed E-state index contributed by atoms with van der Waals surface area (Å²) in [5, 5.41) is 0. The van der Waals surface area contributed by atoms with E-state index in [1.807, 2.05) is 23.5 Å². The number of anilines is 1. The number of nitrogen functional groups attached to an aromatic ring is 1. The average Bonchev–Trinajstić information content (AvgIpc) is 2.47. The Hall–Kier alpha value is -1.28. The third kappa shape index (κ3) is 1.66. The van der Waals surface area contributed by atoms with Gasteiger partial charge in [0.15, 0.2) is 0 Å². The van der Waals surface area contributed by atoms with E-state index in [9.17, 15) is 0 Å². The van der Waals surface area contributed by atoms with Gasteiger partial charge in [0.25, 0.3) is 0 Å². The molecule has 0 saturated carbocycles. The van der Waals surface area contributed by atoms with Gasteiger partial charge in [0.1, 0.15) is 0 Å². The van der Waals surface area contributed by atoms with Crippen molar-refractivity contribution < 1.29 is 0 Å². The average molecular weight is 203 g/mol. The quantitative estimate of drug-likeness (QED) is 0.704. The lowest BCUT2D eigenvalue weighted by molar-refractivity contribution is 1.56. The summed E-state index contributed by atoms with van der Waals surface area (Å²) in [6.45, 7) is 4.29. The number of aryl methyl sites for hydroxylation is 2. The number of rotatable bonds is 1. The molecule has 0 aliphatic heterocycles. The van der Waals surface area contributed by atoms with Gasteiger partial charge in [0.05, 0.1) is 0 Å². The summed E-state index contributed by atoms with van der Waals surface area (Å²) in [6.07, 6.45) is 0. The van der Waals surface area contributed by atoms with Gasteiger partial charge < -0.3 is 5.73 Å². The van der Waals surface area contributed by atoms with E-state index in [2.05, 4.69) is 32.0 Å². The number of benzene rings is 1. The summed E-state index contributed by atoms with van der Waals surface area (Å²) in [5.41, 5.74) is 9.05. The van der Waals surface area contributed by atoms with E-state index in [1.54, 1.807) is 0 Å². The van der Waals surface area contributed by atoms with Crippen molar-refractivity contribution in [3.8, 4) is 11.1 Å². The largest absolute Gasteiger partial charge is 0.399 e. The van der Waals surface area contributed by atoms with Crippen molar-refractivity contribution in [2.75, 3.05) is 5.73 Å². The minimum atomic E-state index is 0.818. The van der Waals surface area contributed by atoms with Crippen molar-refractivity contribution in [3.05, 3.63) is 40.1 Å². The van der Waals surface area contributed by atoms with Crippen LogP contribution >= 0.6 is 11.3 Å². The first-order valence-electron chi connectivity index (χ1n) is 4.60. The van der Waals surface area contributed by atoms with Crippen molar-refractivity contribution >= 4 is 17.0 Å². The molecule has 0 bridgehead atoms. The number of thiophene rings is 1. The molecule has 0 spiro atoms. The standard InChI is InChI=1S/C12H13NS/c1-8-7-12(9(2)14-8)10-3-5-11(13)6-4-10/h3-7H,13H2,1-2H3. The second-order valence-electron chi connectivity index (χ2n) is 3.45. The van der Waals surface area contributed by atoms with Crippen LogP contribution in [0.25, 0.3) is 11.1 Å². The molecule has 72 valence electrons. The minimum absolute atomic E-state index is 0.818. The van der Waals surface area contributed by atoms with Crippen LogP contribution in [0.15, 0.2) is 30.3 Å². The lowest BCUT2D eigenvalue weighted by atomic mass is 10.1. The highest BCUT2D eigenvalue weighted by atomic mass is 32.1. The van der Waals surface area contributed by atoms with Gasteiger partial charge in [-0.2, -0.15) is 0 Å². The summed E-state index contributed by atoms with van der Waals surface area (Å²) in [7, 11) is 0. The summed E-state index contributed by atoms with van der Waals surface area (Å²) in [6, 6.07) is 10.3. The van der Waals surface area contributed by atoms with Crippen LogP contribution in [0.2, 0.25) is 0 Å². The first-order valence-corrected chi connectivity index (χ1v) is 5.41. The normalized spacial score (nSPS) is 10.4. The predicted molar refractivity (Wildman–Crippen MR) is 63.6 cm³/mol. The van der Waals surface area contributed by atoms with Crippen LogP contribution in [0.4, 0.5) is 5.69 Å². The summed E-state index contributed by atoms with van der Waals surface area (Å²) in [4.78, 5) is 2.72. The molecule has 1 aromatic heterocycles. The highest BCUT2D eigenvalue weighted by Crippen LogP contribution is 2.30. The monoisotopic (exact) mass is 203 g/mol.